The zero-order valence-corrected chi connectivity index (χ0v) is 14.9. The molecule has 0 amide bonds. The summed E-state index contributed by atoms with van der Waals surface area (Å²) in [5.74, 6) is 1.72. The van der Waals surface area contributed by atoms with Crippen molar-refractivity contribution in [2.24, 2.45) is 5.92 Å². The number of thiophene rings is 2. The zero-order valence-electron chi connectivity index (χ0n) is 13.3. The Labute approximate surface area is 150 Å². The first-order chi connectivity index (χ1) is 11.9. The van der Waals surface area contributed by atoms with Crippen molar-refractivity contribution in [1.82, 2.24) is 4.98 Å². The van der Waals surface area contributed by atoms with Crippen LogP contribution in [0.4, 0.5) is 0 Å². The van der Waals surface area contributed by atoms with Gasteiger partial charge in [0.1, 0.15) is 5.60 Å². The van der Waals surface area contributed by atoms with Crippen LogP contribution in [0, 0.1) is 5.92 Å². The molecule has 3 aromatic heterocycles. The topological polar surface area (TPSA) is 22.1 Å². The molecule has 2 aliphatic heterocycles. The minimum atomic E-state index is -0.237. The lowest BCUT2D eigenvalue weighted by Gasteiger charge is -2.53. The van der Waals surface area contributed by atoms with Crippen LogP contribution in [0.15, 0.2) is 59.4 Å². The molecule has 6 rings (SSSR count). The first-order valence-electron chi connectivity index (χ1n) is 8.48. The summed E-state index contributed by atoms with van der Waals surface area (Å²) in [5, 5.41) is 4.40. The third-order valence-corrected chi connectivity index (χ3v) is 7.64. The van der Waals surface area contributed by atoms with Crippen LogP contribution in [0.3, 0.4) is 0 Å². The van der Waals surface area contributed by atoms with Crippen LogP contribution in [0.2, 0.25) is 0 Å². The van der Waals surface area contributed by atoms with Crippen LogP contribution in [-0.4, -0.2) is 11.6 Å². The van der Waals surface area contributed by atoms with Crippen LogP contribution in [0.5, 0.6) is 0 Å². The van der Waals surface area contributed by atoms with Crippen LogP contribution in [0.25, 0.3) is 0 Å². The van der Waals surface area contributed by atoms with E-state index in [-0.39, 0.29) is 5.60 Å². The summed E-state index contributed by atoms with van der Waals surface area (Å²) in [7, 11) is 0. The maximum Gasteiger partial charge on any atom is 0.111 e. The van der Waals surface area contributed by atoms with E-state index in [1.807, 2.05) is 34.9 Å². The molecular formula is C20H19NOS2. The molecule has 2 bridgehead atoms. The highest BCUT2D eigenvalue weighted by atomic mass is 32.1. The average molecular weight is 354 g/mol. The number of nitrogens with zero attached hydrogens (tertiary/aromatic N) is 1. The Morgan fingerprint density at radius 3 is 2.17 bits per heavy atom. The van der Waals surface area contributed by atoms with Gasteiger partial charge in [0.15, 0.2) is 0 Å². The molecule has 5 heterocycles. The number of hydrogen-bond acceptors (Lipinski definition) is 4. The molecule has 2 nitrogen and oxygen atoms in total. The van der Waals surface area contributed by atoms with Crippen molar-refractivity contribution in [3.63, 3.8) is 0 Å². The fourth-order valence-corrected chi connectivity index (χ4v) is 6.33. The molecule has 0 radical (unpaired) electrons. The summed E-state index contributed by atoms with van der Waals surface area (Å²) >= 11 is 3.78. The minimum absolute atomic E-state index is 0.237. The summed E-state index contributed by atoms with van der Waals surface area (Å²) < 4.78 is 6.45. The van der Waals surface area contributed by atoms with E-state index in [0.29, 0.717) is 17.8 Å². The molecule has 0 spiro atoms. The standard InChI is InChI=1S/C20H19NOS2/c1-2-8-21-19(7-1)20-11-14(17-5-3-9-23-17)16(13-22-20)15(12-20)18-6-4-10-24-18/h1-10,14-16H,11-13H2. The predicted molar refractivity (Wildman–Crippen MR) is 98.7 cm³/mol. The molecule has 2 unspecified atom stereocenters. The Hall–Kier alpha value is -1.49. The first-order valence-corrected chi connectivity index (χ1v) is 10.2. The largest absolute Gasteiger partial charge is 0.368 e. The number of aromatic nitrogens is 1. The minimum Gasteiger partial charge on any atom is -0.368 e. The Morgan fingerprint density at radius 1 is 0.917 bits per heavy atom. The van der Waals surface area contributed by atoms with E-state index in [4.69, 9.17) is 4.74 Å². The second-order valence-electron chi connectivity index (χ2n) is 6.84. The second kappa shape index (κ2) is 5.80. The van der Waals surface area contributed by atoms with Gasteiger partial charge in [-0.3, -0.25) is 4.98 Å². The molecule has 1 aliphatic carbocycles. The smallest absolute Gasteiger partial charge is 0.111 e. The Bertz CT molecular complexity index is 753. The van der Waals surface area contributed by atoms with E-state index < -0.39 is 0 Å². The predicted octanol–water partition coefficient (Wildman–Crippen LogP) is 5.41. The van der Waals surface area contributed by atoms with Gasteiger partial charge in [-0.1, -0.05) is 18.2 Å². The molecule has 2 saturated heterocycles. The first kappa shape index (κ1) is 14.8. The third-order valence-electron chi connectivity index (χ3n) is 5.63. The van der Waals surface area contributed by atoms with Gasteiger partial charge in [0.25, 0.3) is 0 Å². The second-order valence-corrected chi connectivity index (χ2v) is 8.79. The molecule has 3 aromatic rings. The number of hydrogen-bond donors (Lipinski definition) is 0. The molecule has 122 valence electrons. The van der Waals surface area contributed by atoms with Crippen molar-refractivity contribution in [1.29, 1.82) is 0 Å². The van der Waals surface area contributed by atoms with E-state index >= 15 is 0 Å². The normalized spacial score (nSPS) is 32.1. The van der Waals surface area contributed by atoms with Crippen LogP contribution < -0.4 is 0 Å². The summed E-state index contributed by atoms with van der Waals surface area (Å²) in [5.41, 5.74) is 0.866. The molecular weight excluding hydrogens is 334 g/mol. The van der Waals surface area contributed by atoms with Crippen LogP contribution >= 0.6 is 22.7 Å². The van der Waals surface area contributed by atoms with Crippen molar-refractivity contribution in [2.75, 3.05) is 6.61 Å². The van der Waals surface area contributed by atoms with Gasteiger partial charge in [0.05, 0.1) is 12.3 Å². The summed E-state index contributed by atoms with van der Waals surface area (Å²) in [4.78, 5) is 7.69. The maximum absolute atomic E-state index is 6.45. The van der Waals surface area contributed by atoms with Crippen molar-refractivity contribution in [3.8, 4) is 0 Å². The highest BCUT2D eigenvalue weighted by molar-refractivity contribution is 7.10. The van der Waals surface area contributed by atoms with Gasteiger partial charge in [0, 0.05) is 27.8 Å². The molecule has 3 fully saturated rings. The van der Waals surface area contributed by atoms with E-state index in [2.05, 4.69) is 52.1 Å². The van der Waals surface area contributed by atoms with E-state index in [1.165, 1.54) is 9.75 Å². The molecule has 1 saturated carbocycles. The Morgan fingerprint density at radius 2 is 1.62 bits per heavy atom. The molecule has 0 aromatic carbocycles. The van der Waals surface area contributed by atoms with Gasteiger partial charge in [-0.05, 0) is 53.8 Å². The SMILES string of the molecule is c1ccc(C23CC(c4cccs4)C(CO2)C(c2cccs2)C3)nc1. The number of fused-ring (bicyclic) bond motifs is 3. The van der Waals surface area contributed by atoms with Gasteiger partial charge >= 0.3 is 0 Å². The van der Waals surface area contributed by atoms with Gasteiger partial charge in [-0.25, -0.2) is 0 Å². The van der Waals surface area contributed by atoms with Gasteiger partial charge < -0.3 is 4.74 Å². The highest BCUT2D eigenvalue weighted by Gasteiger charge is 2.54. The third kappa shape index (κ3) is 2.28. The average Bonchev–Trinajstić information content (AvgIpc) is 3.37. The number of ether oxygens (including phenoxy) is 1. The number of pyridine rings is 1. The van der Waals surface area contributed by atoms with Crippen molar-refractivity contribution in [3.05, 3.63) is 74.9 Å². The monoisotopic (exact) mass is 353 g/mol. The fraction of sp³-hybridized carbons (Fsp3) is 0.350. The highest BCUT2D eigenvalue weighted by Crippen LogP contribution is 2.59. The lowest BCUT2D eigenvalue weighted by molar-refractivity contribution is -0.170. The summed E-state index contributed by atoms with van der Waals surface area (Å²) in [6.45, 7) is 0.835. The van der Waals surface area contributed by atoms with E-state index in [9.17, 15) is 0 Å². The Kier molecular flexibility index (Phi) is 3.58. The molecule has 3 aliphatic rings. The number of rotatable bonds is 3. The van der Waals surface area contributed by atoms with Crippen LogP contribution in [0.1, 0.15) is 40.1 Å². The van der Waals surface area contributed by atoms with Gasteiger partial charge in [0.2, 0.25) is 0 Å². The lowest BCUT2D eigenvalue weighted by Crippen LogP contribution is -2.50. The Balaban J connectivity index is 1.61. The summed E-state index contributed by atoms with van der Waals surface area (Å²) in [6.07, 6.45) is 4.00. The van der Waals surface area contributed by atoms with Gasteiger partial charge in [-0.2, -0.15) is 0 Å². The van der Waals surface area contributed by atoms with Crippen molar-refractivity contribution in [2.45, 2.75) is 30.3 Å². The summed E-state index contributed by atoms with van der Waals surface area (Å²) in [6, 6.07) is 15.2. The van der Waals surface area contributed by atoms with Crippen molar-refractivity contribution >= 4 is 22.7 Å². The molecule has 24 heavy (non-hydrogen) atoms. The molecule has 2 atom stereocenters. The lowest BCUT2D eigenvalue weighted by atomic mass is 9.61. The molecule has 0 N–H and O–H groups in total. The fourth-order valence-electron chi connectivity index (χ4n) is 4.53. The quantitative estimate of drug-likeness (QED) is 0.628. The zero-order chi connectivity index (χ0) is 16.0. The van der Waals surface area contributed by atoms with Crippen molar-refractivity contribution < 1.29 is 4.74 Å². The maximum atomic E-state index is 6.45. The van der Waals surface area contributed by atoms with E-state index in [0.717, 1.165) is 25.1 Å². The van der Waals surface area contributed by atoms with Crippen LogP contribution in [-0.2, 0) is 10.3 Å². The van der Waals surface area contributed by atoms with Gasteiger partial charge in [-0.15, -0.1) is 22.7 Å². The molecule has 4 heteroatoms. The van der Waals surface area contributed by atoms with E-state index in [1.54, 1.807) is 0 Å².